The number of hydrogen-bond acceptors (Lipinski definition) is 4. The molecule has 150 valence electrons. The molecule has 1 heterocycles. The van der Waals surface area contributed by atoms with Gasteiger partial charge in [0.2, 0.25) is 0 Å². The van der Waals surface area contributed by atoms with Gasteiger partial charge in [0.05, 0.1) is 5.69 Å². The molecule has 0 unspecified atom stereocenters. The molecule has 3 rings (SSSR count). The van der Waals surface area contributed by atoms with Crippen LogP contribution in [0.5, 0.6) is 0 Å². The standard InChI is InChI=1S/C21H17BrClNO4S/c1-14-11-18(8-5-16-4-3-15(2)20(23)13-16)24(21(25)12-14)28-29(26,27)19-9-6-17(22)7-10-19/h3-13H,1-2H3/b8-5+. The molecule has 0 spiro atoms. The number of aromatic nitrogens is 1. The van der Waals surface area contributed by atoms with Gasteiger partial charge in [-0.3, -0.25) is 9.08 Å². The Morgan fingerprint density at radius 3 is 2.34 bits per heavy atom. The lowest BCUT2D eigenvalue weighted by Gasteiger charge is -2.12. The molecule has 1 aromatic heterocycles. The Bertz CT molecular complexity index is 1250. The number of halogens is 2. The van der Waals surface area contributed by atoms with Gasteiger partial charge in [0.1, 0.15) is 4.90 Å². The van der Waals surface area contributed by atoms with Crippen LogP contribution >= 0.6 is 27.5 Å². The molecule has 0 aliphatic carbocycles. The summed E-state index contributed by atoms with van der Waals surface area (Å²) < 4.78 is 31.9. The molecule has 0 fully saturated rings. The average Bonchev–Trinajstić information content (AvgIpc) is 2.65. The molecular weight excluding hydrogens is 478 g/mol. The fraction of sp³-hybridized carbons (Fsp3) is 0.0952. The lowest BCUT2D eigenvalue weighted by atomic mass is 10.1. The summed E-state index contributed by atoms with van der Waals surface area (Å²) >= 11 is 9.40. The van der Waals surface area contributed by atoms with Crippen molar-refractivity contribution in [2.24, 2.45) is 0 Å². The average molecular weight is 495 g/mol. The second-order valence-corrected chi connectivity index (χ2v) is 9.27. The molecule has 5 nitrogen and oxygen atoms in total. The van der Waals surface area contributed by atoms with E-state index in [0.29, 0.717) is 10.6 Å². The molecule has 0 radical (unpaired) electrons. The zero-order valence-electron chi connectivity index (χ0n) is 15.6. The Morgan fingerprint density at radius 2 is 1.69 bits per heavy atom. The van der Waals surface area contributed by atoms with Gasteiger partial charge in [-0.15, -0.1) is 4.73 Å². The summed E-state index contributed by atoms with van der Waals surface area (Å²) in [5, 5.41) is 0.614. The van der Waals surface area contributed by atoms with Crippen molar-refractivity contribution < 1.29 is 12.7 Å². The largest absolute Gasteiger partial charge is 0.357 e. The van der Waals surface area contributed by atoms with E-state index >= 15 is 0 Å². The van der Waals surface area contributed by atoms with E-state index in [0.717, 1.165) is 20.3 Å². The Hall–Kier alpha value is -2.35. The molecule has 29 heavy (non-hydrogen) atoms. The SMILES string of the molecule is Cc1cc(/C=C/c2ccc(C)c(Cl)c2)n(OS(=O)(=O)c2ccc(Br)cc2)c(=O)c1. The highest BCUT2D eigenvalue weighted by Crippen LogP contribution is 2.19. The normalized spacial score (nSPS) is 11.7. The van der Waals surface area contributed by atoms with Gasteiger partial charge in [-0.1, -0.05) is 45.7 Å². The van der Waals surface area contributed by atoms with E-state index in [2.05, 4.69) is 15.9 Å². The van der Waals surface area contributed by atoms with E-state index < -0.39 is 15.7 Å². The third-order valence-corrected chi connectivity index (χ3v) is 6.21. The minimum absolute atomic E-state index is 0.0616. The lowest BCUT2D eigenvalue weighted by Crippen LogP contribution is -2.32. The minimum atomic E-state index is -4.20. The molecule has 0 saturated carbocycles. The molecule has 8 heteroatoms. The molecular formula is C21H17BrClNO4S. The Kier molecular flexibility index (Phi) is 6.31. The highest BCUT2D eigenvalue weighted by Gasteiger charge is 2.19. The molecule has 0 bridgehead atoms. The molecule has 0 atom stereocenters. The number of nitrogens with zero attached hydrogens (tertiary/aromatic N) is 1. The third kappa shape index (κ3) is 5.18. The molecule has 0 aliphatic rings. The zero-order chi connectivity index (χ0) is 21.2. The van der Waals surface area contributed by atoms with Crippen molar-refractivity contribution in [3.8, 4) is 0 Å². The molecule has 3 aromatic rings. The van der Waals surface area contributed by atoms with Crippen LogP contribution in [-0.4, -0.2) is 13.1 Å². The summed E-state index contributed by atoms with van der Waals surface area (Å²) in [5.41, 5.74) is 2.12. The van der Waals surface area contributed by atoms with Crippen molar-refractivity contribution in [2.45, 2.75) is 18.7 Å². The molecule has 2 aromatic carbocycles. The summed E-state index contributed by atoms with van der Waals surface area (Å²) in [5.74, 6) is 0. The van der Waals surface area contributed by atoms with Crippen molar-refractivity contribution in [3.63, 3.8) is 0 Å². The Labute approximate surface area is 182 Å². The Balaban J connectivity index is 2.01. The van der Waals surface area contributed by atoms with Crippen LogP contribution in [-0.2, 0) is 10.1 Å². The molecule has 0 amide bonds. The summed E-state index contributed by atoms with van der Waals surface area (Å²) in [6.07, 6.45) is 3.33. The Morgan fingerprint density at radius 1 is 1.00 bits per heavy atom. The van der Waals surface area contributed by atoms with Gasteiger partial charge in [-0.05, 0) is 73.0 Å². The smallest absolute Gasteiger partial charge is 0.280 e. The first-order valence-corrected chi connectivity index (χ1v) is 11.1. The van der Waals surface area contributed by atoms with Crippen LogP contribution in [0.25, 0.3) is 12.2 Å². The van der Waals surface area contributed by atoms with Gasteiger partial charge in [-0.25, -0.2) is 0 Å². The maximum Gasteiger partial charge on any atom is 0.357 e. The van der Waals surface area contributed by atoms with E-state index in [-0.39, 0.29) is 10.6 Å². The predicted molar refractivity (Wildman–Crippen MR) is 118 cm³/mol. The molecule has 0 N–H and O–H groups in total. The van der Waals surface area contributed by atoms with Crippen LogP contribution in [0.2, 0.25) is 5.02 Å². The van der Waals surface area contributed by atoms with Gasteiger partial charge in [0.15, 0.2) is 0 Å². The first kappa shape index (κ1) is 21.4. The van der Waals surface area contributed by atoms with Crippen molar-refractivity contribution in [3.05, 3.63) is 96.8 Å². The van der Waals surface area contributed by atoms with Crippen molar-refractivity contribution >= 4 is 49.8 Å². The van der Waals surface area contributed by atoms with E-state index in [1.54, 1.807) is 43.3 Å². The van der Waals surface area contributed by atoms with E-state index in [1.165, 1.54) is 18.2 Å². The monoisotopic (exact) mass is 493 g/mol. The number of hydrogen-bond donors (Lipinski definition) is 0. The van der Waals surface area contributed by atoms with E-state index in [9.17, 15) is 13.2 Å². The van der Waals surface area contributed by atoms with Crippen LogP contribution in [0.4, 0.5) is 0 Å². The van der Waals surface area contributed by atoms with Crippen molar-refractivity contribution in [1.29, 1.82) is 0 Å². The number of pyridine rings is 1. The zero-order valence-corrected chi connectivity index (χ0v) is 18.8. The maximum absolute atomic E-state index is 12.6. The molecule has 0 saturated heterocycles. The minimum Gasteiger partial charge on any atom is -0.280 e. The van der Waals surface area contributed by atoms with Crippen LogP contribution in [0.1, 0.15) is 22.4 Å². The van der Waals surface area contributed by atoms with Crippen LogP contribution in [0, 0.1) is 13.8 Å². The highest BCUT2D eigenvalue weighted by molar-refractivity contribution is 9.10. The maximum atomic E-state index is 12.6. The summed E-state index contributed by atoms with van der Waals surface area (Å²) in [6, 6.07) is 14.4. The van der Waals surface area contributed by atoms with Crippen LogP contribution < -0.4 is 9.84 Å². The topological polar surface area (TPSA) is 65.4 Å². The van der Waals surface area contributed by atoms with E-state index in [4.69, 9.17) is 15.9 Å². The third-order valence-electron chi connectivity index (χ3n) is 4.08. The fourth-order valence-electron chi connectivity index (χ4n) is 2.55. The summed E-state index contributed by atoms with van der Waals surface area (Å²) in [6.45, 7) is 3.64. The van der Waals surface area contributed by atoms with Gasteiger partial charge in [-0.2, -0.15) is 8.42 Å². The first-order chi connectivity index (χ1) is 13.7. The number of rotatable bonds is 5. The molecule has 0 aliphatic heterocycles. The quantitative estimate of drug-likeness (QED) is 0.508. The second-order valence-electron chi connectivity index (χ2n) is 6.41. The lowest BCUT2D eigenvalue weighted by molar-refractivity contribution is 0.264. The van der Waals surface area contributed by atoms with Crippen molar-refractivity contribution in [1.82, 2.24) is 4.73 Å². The highest BCUT2D eigenvalue weighted by atomic mass is 79.9. The summed E-state index contributed by atoms with van der Waals surface area (Å²) in [4.78, 5) is 12.4. The van der Waals surface area contributed by atoms with Gasteiger partial charge >= 0.3 is 10.1 Å². The number of benzene rings is 2. The number of aryl methyl sites for hydroxylation is 2. The first-order valence-electron chi connectivity index (χ1n) is 8.54. The van der Waals surface area contributed by atoms with Crippen LogP contribution in [0.3, 0.4) is 0 Å². The second kappa shape index (κ2) is 8.57. The van der Waals surface area contributed by atoms with Crippen molar-refractivity contribution in [2.75, 3.05) is 0 Å². The van der Waals surface area contributed by atoms with Crippen LogP contribution in [0.15, 0.2) is 68.8 Å². The van der Waals surface area contributed by atoms with Gasteiger partial charge < -0.3 is 0 Å². The fourth-order valence-corrected chi connectivity index (χ4v) is 3.91. The van der Waals surface area contributed by atoms with Gasteiger partial charge in [0.25, 0.3) is 5.56 Å². The predicted octanol–water partition coefficient (Wildman–Crippen LogP) is 4.87. The van der Waals surface area contributed by atoms with Gasteiger partial charge in [0, 0.05) is 15.6 Å². The summed E-state index contributed by atoms with van der Waals surface area (Å²) in [7, 11) is -4.20. The van der Waals surface area contributed by atoms with E-state index in [1.807, 2.05) is 19.1 Å².